The van der Waals surface area contributed by atoms with Crippen LogP contribution in [0.15, 0.2) is 12.4 Å². The molecule has 0 spiro atoms. The molecule has 0 aliphatic carbocycles. The fourth-order valence-electron chi connectivity index (χ4n) is 3.36. The number of carbonyl (C=O) groups is 2. The lowest BCUT2D eigenvalue weighted by Gasteiger charge is -2.44. The highest BCUT2D eigenvalue weighted by atomic mass is 28.3. The summed E-state index contributed by atoms with van der Waals surface area (Å²) in [5, 5.41) is 9.66. The summed E-state index contributed by atoms with van der Waals surface area (Å²) in [6.07, 6.45) is 2.80. The number of hydrogen-bond acceptors (Lipinski definition) is 7. The third-order valence-electron chi connectivity index (χ3n) is 5.43. The molecule has 11 heteroatoms. The minimum atomic E-state index is -1.21. The van der Waals surface area contributed by atoms with Crippen LogP contribution in [-0.4, -0.2) is 83.1 Å². The average Bonchev–Trinajstić information content (AvgIpc) is 3.00. The lowest BCUT2D eigenvalue weighted by molar-refractivity contribution is 0.0196. The van der Waals surface area contributed by atoms with Crippen LogP contribution in [-0.2, 0) is 16.2 Å². The van der Waals surface area contributed by atoms with Crippen molar-refractivity contribution in [3.8, 4) is 0 Å². The highest BCUT2D eigenvalue weighted by molar-refractivity contribution is 6.76. The molecule has 1 aliphatic rings. The van der Waals surface area contributed by atoms with Gasteiger partial charge in [-0.15, -0.1) is 0 Å². The van der Waals surface area contributed by atoms with Gasteiger partial charge >= 0.3 is 12.1 Å². The highest BCUT2D eigenvalue weighted by Crippen LogP contribution is 2.26. The maximum Gasteiger partial charge on any atom is 0.410 e. The summed E-state index contributed by atoms with van der Waals surface area (Å²) in [5.74, 6) is -0.477. The van der Waals surface area contributed by atoms with Crippen LogP contribution in [0.3, 0.4) is 0 Å². The number of carbonyl (C=O) groups excluding carboxylic acids is 1. The van der Waals surface area contributed by atoms with Gasteiger partial charge in [0.1, 0.15) is 29.2 Å². The fourth-order valence-corrected chi connectivity index (χ4v) is 4.12. The van der Waals surface area contributed by atoms with E-state index in [1.54, 1.807) is 22.7 Å². The second kappa shape index (κ2) is 9.30. The van der Waals surface area contributed by atoms with Crippen LogP contribution in [0.1, 0.15) is 31.1 Å². The Bertz CT molecular complexity index is 1020. The maximum absolute atomic E-state index is 12.3. The molecule has 2 aromatic heterocycles. The Morgan fingerprint density at radius 2 is 1.94 bits per heavy atom. The van der Waals surface area contributed by atoms with Gasteiger partial charge in [-0.05, 0) is 26.8 Å². The first-order valence-corrected chi connectivity index (χ1v) is 14.8. The molecule has 1 N–H and O–H groups in total. The Balaban J connectivity index is 1.69. The van der Waals surface area contributed by atoms with Crippen LogP contribution < -0.4 is 4.90 Å². The van der Waals surface area contributed by atoms with E-state index in [0.717, 1.165) is 6.04 Å². The van der Waals surface area contributed by atoms with Gasteiger partial charge in [0, 0.05) is 41.0 Å². The number of fused-ring (bicyclic) bond motifs is 1. The molecule has 0 radical (unpaired) electrons. The van der Waals surface area contributed by atoms with Gasteiger partial charge in [-0.25, -0.2) is 19.6 Å². The van der Waals surface area contributed by atoms with Crippen LogP contribution in [0.25, 0.3) is 11.2 Å². The van der Waals surface area contributed by atoms with Gasteiger partial charge < -0.3 is 28.9 Å². The molecule has 0 atom stereocenters. The third kappa shape index (κ3) is 6.23. The molecular weight excluding hydrogens is 442 g/mol. The zero-order valence-corrected chi connectivity index (χ0v) is 21.6. The number of amides is 1. The topological polar surface area (TPSA) is 110 Å². The summed E-state index contributed by atoms with van der Waals surface area (Å²) < 4.78 is 12.9. The van der Waals surface area contributed by atoms with E-state index in [9.17, 15) is 14.7 Å². The second-order valence-corrected chi connectivity index (χ2v) is 16.3. The van der Waals surface area contributed by atoms with E-state index in [0.29, 0.717) is 36.7 Å². The normalized spacial score (nSPS) is 14.9. The van der Waals surface area contributed by atoms with Crippen LogP contribution in [0.2, 0.25) is 25.7 Å². The van der Waals surface area contributed by atoms with Crippen molar-refractivity contribution in [2.24, 2.45) is 0 Å². The van der Waals surface area contributed by atoms with E-state index in [2.05, 4.69) is 29.6 Å². The lowest BCUT2D eigenvalue weighted by Crippen LogP contribution is -2.60. The predicted molar refractivity (Wildman–Crippen MR) is 129 cm³/mol. The largest absolute Gasteiger partial charge is 0.478 e. The molecular formula is C22H35N5O5Si. The number of hydrogen-bond donors (Lipinski definition) is 1. The Labute approximate surface area is 195 Å². The van der Waals surface area contributed by atoms with Crippen molar-refractivity contribution in [2.45, 2.75) is 64.8 Å². The minimum Gasteiger partial charge on any atom is -0.478 e. The summed E-state index contributed by atoms with van der Waals surface area (Å²) in [6.45, 7) is 14.3. The molecule has 3 heterocycles. The molecule has 33 heavy (non-hydrogen) atoms. The molecule has 1 amide bonds. The quantitative estimate of drug-likeness (QED) is 0.454. The van der Waals surface area contributed by atoms with Crippen molar-refractivity contribution in [1.82, 2.24) is 19.4 Å². The van der Waals surface area contributed by atoms with Crippen LogP contribution >= 0.6 is 0 Å². The van der Waals surface area contributed by atoms with Crippen LogP contribution in [0.5, 0.6) is 0 Å². The molecule has 2 aromatic rings. The van der Waals surface area contributed by atoms with Gasteiger partial charge in [0.25, 0.3) is 0 Å². The standard InChI is InChI=1S/C22H35N5O5Si/c1-22(2,3)32-21(30)25(4)15-11-26(12-15)17-10-23-19-18(24-17)16(20(28)29)13-27(19)14-31-8-9-33(5,6)7/h10,13,15H,8-9,11-12,14H2,1-7H3,(H,28,29). The number of anilines is 1. The minimum absolute atomic E-state index is 0.0133. The molecule has 0 bridgehead atoms. The van der Waals surface area contributed by atoms with Crippen molar-refractivity contribution < 1.29 is 24.2 Å². The summed E-state index contributed by atoms with van der Waals surface area (Å²) in [5.41, 5.74) is 0.352. The lowest BCUT2D eigenvalue weighted by atomic mass is 10.1. The summed E-state index contributed by atoms with van der Waals surface area (Å²) in [4.78, 5) is 36.7. The van der Waals surface area contributed by atoms with E-state index in [4.69, 9.17) is 9.47 Å². The zero-order valence-electron chi connectivity index (χ0n) is 20.6. The molecule has 0 saturated carbocycles. The molecule has 1 saturated heterocycles. The summed E-state index contributed by atoms with van der Waals surface area (Å²) in [6, 6.07) is 1.02. The smallest absolute Gasteiger partial charge is 0.410 e. The van der Waals surface area contributed by atoms with E-state index < -0.39 is 19.6 Å². The summed E-state index contributed by atoms with van der Waals surface area (Å²) in [7, 11) is 0.511. The maximum atomic E-state index is 12.3. The van der Waals surface area contributed by atoms with E-state index in [1.807, 2.05) is 25.7 Å². The number of carboxylic acids is 1. The van der Waals surface area contributed by atoms with Gasteiger partial charge in [0.15, 0.2) is 5.65 Å². The van der Waals surface area contributed by atoms with Gasteiger partial charge in [-0.3, -0.25) is 0 Å². The monoisotopic (exact) mass is 477 g/mol. The number of rotatable bonds is 8. The first-order valence-electron chi connectivity index (χ1n) is 11.1. The predicted octanol–water partition coefficient (Wildman–Crippen LogP) is 3.50. The number of aromatic nitrogens is 3. The second-order valence-electron chi connectivity index (χ2n) is 10.7. The van der Waals surface area contributed by atoms with Crippen molar-refractivity contribution >= 4 is 37.1 Å². The van der Waals surface area contributed by atoms with E-state index in [-0.39, 0.29) is 24.4 Å². The van der Waals surface area contributed by atoms with Gasteiger partial charge in [-0.2, -0.15) is 0 Å². The molecule has 1 aliphatic heterocycles. The Morgan fingerprint density at radius 3 is 2.52 bits per heavy atom. The van der Waals surface area contributed by atoms with Crippen molar-refractivity contribution in [1.29, 1.82) is 0 Å². The third-order valence-corrected chi connectivity index (χ3v) is 7.13. The molecule has 1 fully saturated rings. The Hall–Kier alpha value is -2.66. The summed E-state index contributed by atoms with van der Waals surface area (Å²) >= 11 is 0. The SMILES string of the molecule is CN(C(=O)OC(C)(C)C)C1CN(c2cnc3c(n2)c(C(=O)O)cn3COCC[Si](C)(C)C)C1. The number of carboxylic acid groups (broad SMARTS) is 1. The Morgan fingerprint density at radius 1 is 1.27 bits per heavy atom. The van der Waals surface area contributed by atoms with Crippen molar-refractivity contribution in [2.75, 3.05) is 31.6 Å². The van der Waals surface area contributed by atoms with E-state index in [1.165, 1.54) is 6.20 Å². The molecule has 3 rings (SSSR count). The van der Waals surface area contributed by atoms with Crippen LogP contribution in [0.4, 0.5) is 10.6 Å². The van der Waals surface area contributed by atoms with Gasteiger partial charge in [0.2, 0.25) is 0 Å². The number of nitrogens with zero attached hydrogens (tertiary/aromatic N) is 5. The van der Waals surface area contributed by atoms with Crippen LogP contribution in [0, 0.1) is 0 Å². The van der Waals surface area contributed by atoms with Crippen molar-refractivity contribution in [3.05, 3.63) is 18.0 Å². The number of likely N-dealkylation sites (N-methyl/N-ethyl adjacent to an activating group) is 1. The number of ether oxygens (including phenoxy) is 2. The first-order chi connectivity index (χ1) is 15.2. The van der Waals surface area contributed by atoms with Crippen molar-refractivity contribution in [3.63, 3.8) is 0 Å². The molecule has 0 unspecified atom stereocenters. The first kappa shape index (κ1) is 25.0. The van der Waals surface area contributed by atoms with Gasteiger partial charge in [0.05, 0.1) is 12.2 Å². The van der Waals surface area contributed by atoms with Gasteiger partial charge in [-0.1, -0.05) is 19.6 Å². The average molecular weight is 478 g/mol. The Kier molecular flexibility index (Phi) is 7.03. The fraction of sp³-hybridized carbons (Fsp3) is 0.636. The molecule has 10 nitrogen and oxygen atoms in total. The zero-order chi connectivity index (χ0) is 24.6. The molecule has 0 aromatic carbocycles. The van der Waals surface area contributed by atoms with E-state index >= 15 is 0 Å². The highest BCUT2D eigenvalue weighted by Gasteiger charge is 2.35. The number of aromatic carboxylic acids is 1. The molecule has 182 valence electrons.